The van der Waals surface area contributed by atoms with Gasteiger partial charge in [-0.15, -0.1) is 0 Å². The second-order valence-electron chi connectivity index (χ2n) is 5.08. The molecule has 21 heavy (non-hydrogen) atoms. The molecule has 3 nitrogen and oxygen atoms in total. The van der Waals surface area contributed by atoms with Crippen LogP contribution in [0.1, 0.15) is 11.1 Å². The minimum absolute atomic E-state index is 0.281. The molecule has 0 unspecified atom stereocenters. The SMILES string of the molecule is S=c1[nH]c2cc3c(cc2cc1Cc1ccccc1)OCO3. The first-order chi connectivity index (χ1) is 10.3. The normalized spacial score (nSPS) is 12.8. The molecule has 1 aliphatic heterocycles. The Bertz CT molecular complexity index is 871. The lowest BCUT2D eigenvalue weighted by Crippen LogP contribution is -1.92. The van der Waals surface area contributed by atoms with Crippen molar-refractivity contribution in [1.29, 1.82) is 0 Å². The molecule has 4 rings (SSSR count). The van der Waals surface area contributed by atoms with Gasteiger partial charge in [0, 0.05) is 17.9 Å². The Morgan fingerprint density at radius 2 is 1.76 bits per heavy atom. The maximum absolute atomic E-state index is 5.48. The summed E-state index contributed by atoms with van der Waals surface area (Å²) < 4.78 is 11.6. The fourth-order valence-electron chi connectivity index (χ4n) is 2.59. The van der Waals surface area contributed by atoms with Gasteiger partial charge in [0.2, 0.25) is 6.79 Å². The van der Waals surface area contributed by atoms with Gasteiger partial charge in [0.15, 0.2) is 11.5 Å². The Morgan fingerprint density at radius 3 is 2.57 bits per heavy atom. The molecular weight excluding hydrogens is 282 g/mol. The fraction of sp³-hybridized carbons (Fsp3) is 0.118. The van der Waals surface area contributed by atoms with Crippen molar-refractivity contribution < 1.29 is 9.47 Å². The van der Waals surface area contributed by atoms with Gasteiger partial charge in [-0.3, -0.25) is 0 Å². The van der Waals surface area contributed by atoms with E-state index in [-0.39, 0.29) is 6.79 Å². The number of pyridine rings is 1. The topological polar surface area (TPSA) is 34.2 Å². The minimum Gasteiger partial charge on any atom is -0.454 e. The molecule has 0 bridgehead atoms. The standard InChI is InChI=1S/C17H13NO2S/c21-17-13(6-11-4-2-1-3-5-11)7-12-8-15-16(20-10-19-15)9-14(12)18-17/h1-5,7-9H,6,10H2,(H,18,21). The Kier molecular flexibility index (Phi) is 2.89. The summed E-state index contributed by atoms with van der Waals surface area (Å²) in [5.41, 5.74) is 3.33. The molecule has 0 atom stereocenters. The number of hydrogen-bond acceptors (Lipinski definition) is 3. The summed E-state index contributed by atoms with van der Waals surface area (Å²) >= 11 is 5.48. The predicted octanol–water partition coefficient (Wildman–Crippen LogP) is 4.22. The third-order valence-corrected chi connectivity index (χ3v) is 4.02. The molecule has 0 fully saturated rings. The van der Waals surface area contributed by atoms with E-state index in [0.29, 0.717) is 0 Å². The summed E-state index contributed by atoms with van der Waals surface area (Å²) in [6.07, 6.45) is 0.820. The fourth-order valence-corrected chi connectivity index (χ4v) is 2.83. The first-order valence-electron chi connectivity index (χ1n) is 6.79. The quantitative estimate of drug-likeness (QED) is 0.719. The summed E-state index contributed by atoms with van der Waals surface area (Å²) in [5, 5.41) is 1.08. The zero-order valence-corrected chi connectivity index (χ0v) is 12.1. The molecular formula is C17H13NO2S. The van der Waals surface area contributed by atoms with Gasteiger partial charge in [-0.05, 0) is 23.3 Å². The Hall–Kier alpha value is -2.33. The van der Waals surface area contributed by atoms with Crippen LogP contribution in [-0.2, 0) is 6.42 Å². The molecule has 2 heterocycles. The van der Waals surface area contributed by atoms with E-state index in [1.807, 2.05) is 30.3 Å². The van der Waals surface area contributed by atoms with Crippen LogP contribution < -0.4 is 9.47 Å². The van der Waals surface area contributed by atoms with Gasteiger partial charge < -0.3 is 14.5 Å². The number of benzene rings is 2. The lowest BCUT2D eigenvalue weighted by molar-refractivity contribution is 0.174. The highest BCUT2D eigenvalue weighted by molar-refractivity contribution is 7.71. The molecule has 0 saturated carbocycles. The number of aromatic nitrogens is 1. The summed E-state index contributed by atoms with van der Waals surface area (Å²) in [6.45, 7) is 0.281. The Morgan fingerprint density at radius 1 is 1.00 bits per heavy atom. The van der Waals surface area contributed by atoms with Gasteiger partial charge >= 0.3 is 0 Å². The first kappa shape index (κ1) is 12.4. The minimum atomic E-state index is 0.281. The van der Waals surface area contributed by atoms with Crippen molar-refractivity contribution >= 4 is 23.1 Å². The number of fused-ring (bicyclic) bond motifs is 2. The molecule has 4 heteroatoms. The average Bonchev–Trinajstić information content (AvgIpc) is 2.94. The third-order valence-electron chi connectivity index (χ3n) is 3.65. The number of ether oxygens (including phenoxy) is 2. The van der Waals surface area contributed by atoms with Crippen molar-refractivity contribution in [3.63, 3.8) is 0 Å². The summed E-state index contributed by atoms with van der Waals surface area (Å²) in [7, 11) is 0. The zero-order chi connectivity index (χ0) is 14.2. The van der Waals surface area contributed by atoms with E-state index in [4.69, 9.17) is 21.7 Å². The summed E-state index contributed by atoms with van der Waals surface area (Å²) in [5.74, 6) is 1.56. The molecule has 1 N–H and O–H groups in total. The van der Waals surface area contributed by atoms with E-state index >= 15 is 0 Å². The van der Waals surface area contributed by atoms with Crippen molar-refractivity contribution in [2.45, 2.75) is 6.42 Å². The van der Waals surface area contributed by atoms with Gasteiger partial charge in [0.1, 0.15) is 4.64 Å². The molecule has 0 amide bonds. The van der Waals surface area contributed by atoms with Crippen LogP contribution in [0.5, 0.6) is 11.5 Å². The van der Waals surface area contributed by atoms with Crippen LogP contribution in [0.2, 0.25) is 0 Å². The first-order valence-corrected chi connectivity index (χ1v) is 7.20. The van der Waals surface area contributed by atoms with Gasteiger partial charge in [0.05, 0.1) is 5.52 Å². The monoisotopic (exact) mass is 295 g/mol. The van der Waals surface area contributed by atoms with Crippen molar-refractivity contribution in [3.8, 4) is 11.5 Å². The van der Waals surface area contributed by atoms with E-state index in [1.54, 1.807) is 0 Å². The lowest BCUT2D eigenvalue weighted by Gasteiger charge is -2.06. The van der Waals surface area contributed by atoms with Gasteiger partial charge in [-0.1, -0.05) is 42.5 Å². The number of hydrogen-bond donors (Lipinski definition) is 1. The van der Waals surface area contributed by atoms with Crippen LogP contribution in [0.4, 0.5) is 0 Å². The van der Waals surface area contributed by atoms with E-state index in [9.17, 15) is 0 Å². The second-order valence-corrected chi connectivity index (χ2v) is 5.49. The second kappa shape index (κ2) is 4.90. The van der Waals surface area contributed by atoms with Crippen LogP contribution in [0.25, 0.3) is 10.9 Å². The summed E-state index contributed by atoms with van der Waals surface area (Å²) in [4.78, 5) is 3.29. The molecule has 3 aromatic rings. The molecule has 104 valence electrons. The van der Waals surface area contributed by atoms with Crippen LogP contribution in [0.3, 0.4) is 0 Å². The molecule has 2 aromatic carbocycles. The van der Waals surface area contributed by atoms with Crippen molar-refractivity contribution in [2.75, 3.05) is 6.79 Å². The molecule has 0 spiro atoms. The molecule has 0 saturated heterocycles. The van der Waals surface area contributed by atoms with Gasteiger partial charge in [-0.2, -0.15) is 0 Å². The predicted molar refractivity (Wildman–Crippen MR) is 84.5 cm³/mol. The number of rotatable bonds is 2. The maximum atomic E-state index is 5.48. The highest BCUT2D eigenvalue weighted by Gasteiger charge is 2.14. The van der Waals surface area contributed by atoms with E-state index in [2.05, 4.69) is 23.2 Å². The van der Waals surface area contributed by atoms with Crippen LogP contribution in [0, 0.1) is 4.64 Å². The lowest BCUT2D eigenvalue weighted by atomic mass is 10.0. The maximum Gasteiger partial charge on any atom is 0.231 e. The highest BCUT2D eigenvalue weighted by Crippen LogP contribution is 2.35. The molecule has 1 aliphatic rings. The van der Waals surface area contributed by atoms with Gasteiger partial charge in [-0.25, -0.2) is 0 Å². The molecule has 0 radical (unpaired) electrons. The third kappa shape index (κ3) is 2.28. The van der Waals surface area contributed by atoms with E-state index in [1.165, 1.54) is 5.56 Å². The largest absolute Gasteiger partial charge is 0.454 e. The number of nitrogens with one attached hydrogen (secondary N) is 1. The Labute approximate surface area is 127 Å². The van der Waals surface area contributed by atoms with Gasteiger partial charge in [0.25, 0.3) is 0 Å². The number of aromatic amines is 1. The highest BCUT2D eigenvalue weighted by atomic mass is 32.1. The number of H-pyrrole nitrogens is 1. The van der Waals surface area contributed by atoms with Crippen LogP contribution in [-0.4, -0.2) is 11.8 Å². The molecule has 0 aliphatic carbocycles. The van der Waals surface area contributed by atoms with Crippen molar-refractivity contribution in [2.24, 2.45) is 0 Å². The average molecular weight is 295 g/mol. The summed E-state index contributed by atoms with van der Waals surface area (Å²) in [6, 6.07) is 16.4. The van der Waals surface area contributed by atoms with Crippen molar-refractivity contribution in [1.82, 2.24) is 4.98 Å². The van der Waals surface area contributed by atoms with Crippen LogP contribution in [0.15, 0.2) is 48.5 Å². The molecule has 1 aromatic heterocycles. The Balaban J connectivity index is 1.81. The van der Waals surface area contributed by atoms with Crippen LogP contribution >= 0.6 is 12.2 Å². The zero-order valence-electron chi connectivity index (χ0n) is 11.3. The van der Waals surface area contributed by atoms with Crippen molar-refractivity contribution in [3.05, 3.63) is 64.3 Å². The van der Waals surface area contributed by atoms with E-state index < -0.39 is 0 Å². The van der Waals surface area contributed by atoms with E-state index in [0.717, 1.165) is 39.0 Å². The smallest absolute Gasteiger partial charge is 0.231 e.